The zero-order valence-corrected chi connectivity index (χ0v) is 8.11. The number of hydrogen-bond donors (Lipinski definition) is 1. The van der Waals surface area contributed by atoms with Crippen molar-refractivity contribution in [3.8, 4) is 0 Å². The highest BCUT2D eigenvalue weighted by atomic mass is 35.5. The molecule has 1 rings (SSSR count). The van der Waals surface area contributed by atoms with E-state index in [-0.39, 0.29) is 5.88 Å². The van der Waals surface area contributed by atoms with Gasteiger partial charge in [-0.3, -0.25) is 0 Å². The number of aliphatic hydroxyl groups is 1. The van der Waals surface area contributed by atoms with Crippen LogP contribution >= 0.6 is 11.6 Å². The molecule has 15 heavy (non-hydrogen) atoms. The van der Waals surface area contributed by atoms with Crippen molar-refractivity contribution >= 4 is 11.6 Å². The highest BCUT2D eigenvalue weighted by Gasteiger charge is 2.31. The molecule has 1 unspecified atom stereocenters. The van der Waals surface area contributed by atoms with Gasteiger partial charge in [0, 0.05) is 5.56 Å². The summed E-state index contributed by atoms with van der Waals surface area (Å²) in [5, 5.41) is 9.16. The van der Waals surface area contributed by atoms with Crippen LogP contribution in [0.5, 0.6) is 0 Å². The minimum atomic E-state index is -4.56. The van der Waals surface area contributed by atoms with Crippen LogP contribution in [0.25, 0.3) is 0 Å². The number of alkyl halides is 4. The van der Waals surface area contributed by atoms with Crippen molar-refractivity contribution < 1.29 is 22.7 Å². The third kappa shape index (κ3) is 2.82. The van der Waals surface area contributed by atoms with Gasteiger partial charge in [-0.1, -0.05) is 0 Å². The van der Waals surface area contributed by atoms with E-state index in [0.29, 0.717) is 18.2 Å². The van der Waals surface area contributed by atoms with Gasteiger partial charge >= 0.3 is 6.18 Å². The fraction of sp³-hybridized carbons (Fsp3) is 0.333. The van der Waals surface area contributed by atoms with Crippen molar-refractivity contribution in [1.82, 2.24) is 0 Å². The molecular weight excluding hydrogens is 236 g/mol. The Morgan fingerprint density at radius 1 is 1.33 bits per heavy atom. The minimum Gasteiger partial charge on any atom is -0.387 e. The highest BCUT2D eigenvalue weighted by molar-refractivity contribution is 6.18. The van der Waals surface area contributed by atoms with Crippen LogP contribution in [0.15, 0.2) is 18.2 Å². The lowest BCUT2D eigenvalue weighted by Gasteiger charge is -2.12. The van der Waals surface area contributed by atoms with Gasteiger partial charge < -0.3 is 5.11 Å². The molecule has 0 radical (unpaired) electrons. The van der Waals surface area contributed by atoms with E-state index < -0.39 is 29.2 Å². The normalized spacial score (nSPS) is 14.0. The van der Waals surface area contributed by atoms with Gasteiger partial charge in [-0.15, -0.1) is 11.6 Å². The second-order valence-electron chi connectivity index (χ2n) is 2.90. The second-order valence-corrected chi connectivity index (χ2v) is 3.21. The lowest BCUT2D eigenvalue weighted by atomic mass is 10.1. The van der Waals surface area contributed by atoms with Gasteiger partial charge in [0.15, 0.2) is 0 Å². The lowest BCUT2D eigenvalue weighted by molar-refractivity contribution is -0.137. The van der Waals surface area contributed by atoms with Gasteiger partial charge in [0.2, 0.25) is 0 Å². The molecule has 84 valence electrons. The molecule has 1 aromatic carbocycles. The van der Waals surface area contributed by atoms with Crippen LogP contribution in [0.4, 0.5) is 17.6 Å². The SMILES string of the molecule is OC(CCl)c1cc(C(F)(F)F)ccc1F. The third-order valence-electron chi connectivity index (χ3n) is 1.83. The summed E-state index contributed by atoms with van der Waals surface area (Å²) < 4.78 is 49.7. The molecular formula is C9H7ClF4O. The average molecular weight is 243 g/mol. The van der Waals surface area contributed by atoms with Crippen molar-refractivity contribution in [2.45, 2.75) is 12.3 Å². The second kappa shape index (κ2) is 4.37. The molecule has 0 amide bonds. The first-order chi connectivity index (χ1) is 6.86. The van der Waals surface area contributed by atoms with E-state index >= 15 is 0 Å². The molecule has 6 heteroatoms. The van der Waals surface area contributed by atoms with Gasteiger partial charge in [0.05, 0.1) is 17.5 Å². The number of hydrogen-bond acceptors (Lipinski definition) is 1. The lowest BCUT2D eigenvalue weighted by Crippen LogP contribution is -2.09. The summed E-state index contributed by atoms with van der Waals surface area (Å²) in [5.74, 6) is -1.27. The smallest absolute Gasteiger partial charge is 0.387 e. The average Bonchev–Trinajstić information content (AvgIpc) is 2.15. The number of aliphatic hydroxyl groups excluding tert-OH is 1. The Morgan fingerprint density at radius 2 is 1.93 bits per heavy atom. The van der Waals surface area contributed by atoms with E-state index in [1.807, 2.05) is 0 Å². The van der Waals surface area contributed by atoms with Crippen LogP contribution < -0.4 is 0 Å². The highest BCUT2D eigenvalue weighted by Crippen LogP contribution is 2.31. The number of benzene rings is 1. The quantitative estimate of drug-likeness (QED) is 0.624. The molecule has 0 spiro atoms. The van der Waals surface area contributed by atoms with Crippen LogP contribution in [0.2, 0.25) is 0 Å². The summed E-state index contributed by atoms with van der Waals surface area (Å²) in [6, 6.07) is 1.83. The Kier molecular flexibility index (Phi) is 3.57. The van der Waals surface area contributed by atoms with Crippen LogP contribution in [0.3, 0.4) is 0 Å². The maximum atomic E-state index is 13.0. The molecule has 0 aliphatic carbocycles. The Morgan fingerprint density at radius 3 is 2.40 bits per heavy atom. The maximum absolute atomic E-state index is 13.0. The zero-order chi connectivity index (χ0) is 11.6. The van der Waals surface area contributed by atoms with Crippen molar-refractivity contribution in [1.29, 1.82) is 0 Å². The molecule has 0 saturated carbocycles. The summed E-state index contributed by atoms with van der Waals surface area (Å²) >= 11 is 5.23. The topological polar surface area (TPSA) is 20.2 Å². The standard InChI is InChI=1S/C9H7ClF4O/c10-4-8(15)6-3-5(9(12,13)14)1-2-7(6)11/h1-3,8,15H,4H2. The van der Waals surface area contributed by atoms with E-state index in [4.69, 9.17) is 16.7 Å². The first-order valence-electron chi connectivity index (χ1n) is 3.97. The van der Waals surface area contributed by atoms with E-state index in [0.717, 1.165) is 0 Å². The molecule has 0 aliphatic rings. The first-order valence-corrected chi connectivity index (χ1v) is 4.50. The summed E-state index contributed by atoms with van der Waals surface area (Å²) in [7, 11) is 0. The number of rotatable bonds is 2. The number of halogens is 5. The van der Waals surface area contributed by atoms with E-state index in [2.05, 4.69) is 0 Å². The van der Waals surface area contributed by atoms with Gasteiger partial charge in [-0.2, -0.15) is 13.2 Å². The monoisotopic (exact) mass is 242 g/mol. The van der Waals surface area contributed by atoms with E-state index in [9.17, 15) is 17.6 Å². The fourth-order valence-electron chi connectivity index (χ4n) is 1.06. The molecule has 1 nitrogen and oxygen atoms in total. The van der Waals surface area contributed by atoms with Gasteiger partial charge in [0.25, 0.3) is 0 Å². The molecule has 0 aromatic heterocycles. The molecule has 0 bridgehead atoms. The Hall–Kier alpha value is -0.810. The summed E-state index contributed by atoms with van der Waals surface area (Å²) in [5.41, 5.74) is -1.46. The predicted octanol–water partition coefficient (Wildman–Crippen LogP) is 3.12. The van der Waals surface area contributed by atoms with Crippen molar-refractivity contribution in [3.05, 3.63) is 35.1 Å². The van der Waals surface area contributed by atoms with Crippen LogP contribution in [-0.2, 0) is 6.18 Å². The van der Waals surface area contributed by atoms with Crippen LogP contribution in [-0.4, -0.2) is 11.0 Å². The molecule has 0 saturated heterocycles. The zero-order valence-electron chi connectivity index (χ0n) is 7.35. The van der Waals surface area contributed by atoms with Gasteiger partial charge in [0.1, 0.15) is 5.82 Å². The first kappa shape index (κ1) is 12.3. The maximum Gasteiger partial charge on any atom is 0.416 e. The summed E-state index contributed by atoms with van der Waals surface area (Å²) in [6.45, 7) is 0. The Balaban J connectivity index is 3.17. The molecule has 0 aliphatic heterocycles. The summed E-state index contributed by atoms with van der Waals surface area (Å²) in [4.78, 5) is 0. The molecule has 0 fully saturated rings. The third-order valence-corrected chi connectivity index (χ3v) is 2.12. The molecule has 1 N–H and O–H groups in total. The largest absolute Gasteiger partial charge is 0.416 e. The molecule has 1 atom stereocenters. The van der Waals surface area contributed by atoms with Gasteiger partial charge in [-0.05, 0) is 18.2 Å². The fourth-order valence-corrected chi connectivity index (χ4v) is 1.22. The Bertz CT molecular complexity index is 350. The molecule has 0 heterocycles. The van der Waals surface area contributed by atoms with E-state index in [1.165, 1.54) is 0 Å². The van der Waals surface area contributed by atoms with E-state index in [1.54, 1.807) is 0 Å². The van der Waals surface area contributed by atoms with Crippen LogP contribution in [0, 0.1) is 5.82 Å². The molecule has 1 aromatic rings. The van der Waals surface area contributed by atoms with Crippen molar-refractivity contribution in [3.63, 3.8) is 0 Å². The van der Waals surface area contributed by atoms with Crippen molar-refractivity contribution in [2.24, 2.45) is 0 Å². The Labute approximate surface area is 88.3 Å². The minimum absolute atomic E-state index is 0.363. The van der Waals surface area contributed by atoms with Crippen LogP contribution in [0.1, 0.15) is 17.2 Å². The van der Waals surface area contributed by atoms with Gasteiger partial charge in [-0.25, -0.2) is 4.39 Å². The van der Waals surface area contributed by atoms with Crippen molar-refractivity contribution in [2.75, 3.05) is 5.88 Å². The summed E-state index contributed by atoms with van der Waals surface area (Å²) in [6.07, 6.45) is -6.00. The predicted molar refractivity (Wildman–Crippen MR) is 47.1 cm³/mol.